The van der Waals surface area contributed by atoms with E-state index in [9.17, 15) is 0 Å². The van der Waals surface area contributed by atoms with Gasteiger partial charge in [0.1, 0.15) is 11.2 Å². The van der Waals surface area contributed by atoms with Crippen molar-refractivity contribution in [2.45, 2.75) is 19.8 Å². The van der Waals surface area contributed by atoms with E-state index in [0.717, 1.165) is 75.0 Å². The summed E-state index contributed by atoms with van der Waals surface area (Å²) >= 11 is 0. The van der Waals surface area contributed by atoms with Gasteiger partial charge >= 0.3 is 0 Å². The molecule has 6 rings (SSSR count). The molecule has 3 N–H and O–H groups in total. The zero-order valence-electron chi connectivity index (χ0n) is 19.3. The number of imidazole rings is 1. The van der Waals surface area contributed by atoms with Crippen molar-refractivity contribution in [3.8, 4) is 33.8 Å². The average molecular weight is 461 g/mol. The Balaban J connectivity index is 1.40. The number of nitrogens with zero attached hydrogens (tertiary/aromatic N) is 5. The number of hydrogen-bond donors (Lipinski definition) is 3. The number of benzene rings is 1. The van der Waals surface area contributed by atoms with Gasteiger partial charge in [-0.05, 0) is 36.2 Å². The fraction of sp³-hybridized carbons (Fsp3) is 0.148. The van der Waals surface area contributed by atoms with Crippen LogP contribution in [0.2, 0.25) is 0 Å². The molecule has 0 spiro atoms. The second kappa shape index (κ2) is 8.98. The molecule has 0 aliphatic rings. The summed E-state index contributed by atoms with van der Waals surface area (Å²) in [6.45, 7) is 3.13. The summed E-state index contributed by atoms with van der Waals surface area (Å²) in [6, 6.07) is 12.3. The molecule has 1 aromatic carbocycles. The van der Waals surface area contributed by atoms with E-state index in [-0.39, 0.29) is 0 Å². The maximum atomic E-state index is 4.91. The van der Waals surface area contributed by atoms with Gasteiger partial charge in [0.25, 0.3) is 0 Å². The quantitative estimate of drug-likeness (QED) is 0.258. The number of rotatable bonds is 7. The van der Waals surface area contributed by atoms with Crippen molar-refractivity contribution < 1.29 is 0 Å². The highest BCUT2D eigenvalue weighted by atomic mass is 15.1. The number of nitrogens with one attached hydrogen (secondary N) is 3. The normalized spacial score (nSPS) is 11.3. The van der Waals surface area contributed by atoms with Crippen LogP contribution in [0.25, 0.3) is 55.7 Å². The molecule has 0 amide bonds. The standard InChI is InChI=1S/C27H24N8/c1-2-3-9-31-20-10-19(13-29-14-20)17-6-7-23-21(11-17)26(35-34-23)27-32-24-16-30-15-22(25(24)33-27)18-5-4-8-28-12-18/h4-8,10-16,31H,2-3,9H2,1H3,(H,32,33)(H,34,35). The van der Waals surface area contributed by atoms with Crippen LogP contribution in [-0.2, 0) is 0 Å². The first-order chi connectivity index (χ1) is 17.3. The molecule has 0 bridgehead atoms. The van der Waals surface area contributed by atoms with Gasteiger partial charge in [0.2, 0.25) is 0 Å². The Morgan fingerprint density at radius 2 is 1.77 bits per heavy atom. The smallest absolute Gasteiger partial charge is 0.159 e. The number of pyridine rings is 3. The Bertz CT molecular complexity index is 1620. The van der Waals surface area contributed by atoms with Crippen molar-refractivity contribution in [1.82, 2.24) is 35.1 Å². The molecule has 8 heteroatoms. The van der Waals surface area contributed by atoms with Gasteiger partial charge in [-0.15, -0.1) is 0 Å². The van der Waals surface area contributed by atoms with Crippen LogP contribution >= 0.6 is 0 Å². The largest absolute Gasteiger partial charge is 0.384 e. The highest BCUT2D eigenvalue weighted by molar-refractivity contribution is 5.98. The minimum absolute atomic E-state index is 0.689. The number of fused-ring (bicyclic) bond motifs is 2. The van der Waals surface area contributed by atoms with E-state index < -0.39 is 0 Å². The van der Waals surface area contributed by atoms with Crippen LogP contribution < -0.4 is 5.32 Å². The number of anilines is 1. The molecule has 0 fully saturated rings. The molecule has 35 heavy (non-hydrogen) atoms. The molecular formula is C27H24N8. The van der Waals surface area contributed by atoms with Gasteiger partial charge in [0, 0.05) is 59.6 Å². The van der Waals surface area contributed by atoms with Crippen LogP contribution in [0.3, 0.4) is 0 Å². The van der Waals surface area contributed by atoms with Crippen molar-refractivity contribution in [1.29, 1.82) is 0 Å². The molecule has 5 aromatic heterocycles. The van der Waals surface area contributed by atoms with E-state index in [1.807, 2.05) is 43.0 Å². The Morgan fingerprint density at radius 1 is 0.857 bits per heavy atom. The molecule has 0 atom stereocenters. The predicted octanol–water partition coefficient (Wildman–Crippen LogP) is 5.84. The lowest BCUT2D eigenvalue weighted by Crippen LogP contribution is -2.01. The Morgan fingerprint density at radius 3 is 2.66 bits per heavy atom. The van der Waals surface area contributed by atoms with Crippen molar-refractivity contribution >= 4 is 27.6 Å². The molecule has 0 unspecified atom stereocenters. The van der Waals surface area contributed by atoms with E-state index in [0.29, 0.717) is 5.82 Å². The molecule has 0 aliphatic carbocycles. The molecular weight excluding hydrogens is 436 g/mol. The van der Waals surface area contributed by atoms with Crippen LogP contribution in [0.1, 0.15) is 19.8 Å². The van der Waals surface area contributed by atoms with Crippen molar-refractivity contribution in [3.63, 3.8) is 0 Å². The third-order valence-corrected chi connectivity index (χ3v) is 6.08. The third-order valence-electron chi connectivity index (χ3n) is 6.08. The second-order valence-corrected chi connectivity index (χ2v) is 8.49. The van der Waals surface area contributed by atoms with Gasteiger partial charge in [-0.3, -0.25) is 20.1 Å². The third kappa shape index (κ3) is 3.99. The van der Waals surface area contributed by atoms with Crippen LogP contribution in [0, 0.1) is 0 Å². The molecule has 8 nitrogen and oxygen atoms in total. The highest BCUT2D eigenvalue weighted by Gasteiger charge is 2.16. The van der Waals surface area contributed by atoms with Crippen LogP contribution in [0.15, 0.2) is 73.6 Å². The molecule has 5 heterocycles. The molecule has 0 saturated carbocycles. The monoisotopic (exact) mass is 460 g/mol. The zero-order chi connectivity index (χ0) is 23.6. The van der Waals surface area contributed by atoms with E-state index in [1.54, 1.807) is 12.4 Å². The van der Waals surface area contributed by atoms with Gasteiger partial charge in [-0.1, -0.05) is 25.5 Å². The minimum atomic E-state index is 0.689. The lowest BCUT2D eigenvalue weighted by Gasteiger charge is -2.08. The van der Waals surface area contributed by atoms with Crippen molar-refractivity contribution in [2.75, 3.05) is 11.9 Å². The topological polar surface area (TPSA) is 108 Å². The number of hydrogen-bond acceptors (Lipinski definition) is 6. The molecule has 0 saturated heterocycles. The molecule has 0 aliphatic heterocycles. The van der Waals surface area contributed by atoms with Gasteiger partial charge in [0.15, 0.2) is 5.82 Å². The minimum Gasteiger partial charge on any atom is -0.384 e. The van der Waals surface area contributed by atoms with E-state index >= 15 is 0 Å². The van der Waals surface area contributed by atoms with E-state index in [1.165, 1.54) is 0 Å². The van der Waals surface area contributed by atoms with Crippen LogP contribution in [0.4, 0.5) is 5.69 Å². The summed E-state index contributed by atoms with van der Waals surface area (Å²) in [5.74, 6) is 0.689. The van der Waals surface area contributed by atoms with E-state index in [2.05, 4.69) is 60.6 Å². The van der Waals surface area contributed by atoms with E-state index in [4.69, 9.17) is 4.98 Å². The predicted molar refractivity (Wildman–Crippen MR) is 139 cm³/mol. The average Bonchev–Trinajstić information content (AvgIpc) is 3.53. The summed E-state index contributed by atoms with van der Waals surface area (Å²) in [7, 11) is 0. The maximum absolute atomic E-state index is 4.91. The fourth-order valence-electron chi connectivity index (χ4n) is 4.26. The van der Waals surface area contributed by atoms with Gasteiger partial charge in [-0.25, -0.2) is 4.98 Å². The summed E-state index contributed by atoms with van der Waals surface area (Å²) in [5.41, 5.74) is 8.44. The summed E-state index contributed by atoms with van der Waals surface area (Å²) in [4.78, 5) is 21.4. The van der Waals surface area contributed by atoms with Crippen LogP contribution in [-0.4, -0.2) is 41.7 Å². The number of aromatic nitrogens is 7. The maximum Gasteiger partial charge on any atom is 0.159 e. The highest BCUT2D eigenvalue weighted by Crippen LogP contribution is 2.32. The lowest BCUT2D eigenvalue weighted by molar-refractivity contribution is 0.834. The first-order valence-electron chi connectivity index (χ1n) is 11.7. The van der Waals surface area contributed by atoms with Gasteiger partial charge in [0.05, 0.1) is 22.9 Å². The number of aromatic amines is 2. The molecule has 0 radical (unpaired) electrons. The first kappa shape index (κ1) is 21.0. The number of unbranched alkanes of at least 4 members (excludes halogenated alkanes) is 1. The summed E-state index contributed by atoms with van der Waals surface area (Å²) in [6.07, 6.45) is 13.2. The summed E-state index contributed by atoms with van der Waals surface area (Å²) < 4.78 is 0. The van der Waals surface area contributed by atoms with Gasteiger partial charge in [-0.2, -0.15) is 5.10 Å². The Hall–Kier alpha value is -4.59. The van der Waals surface area contributed by atoms with Crippen molar-refractivity contribution in [3.05, 3.63) is 73.6 Å². The molecule has 6 aromatic rings. The second-order valence-electron chi connectivity index (χ2n) is 8.49. The van der Waals surface area contributed by atoms with Crippen LogP contribution in [0.5, 0.6) is 0 Å². The summed E-state index contributed by atoms with van der Waals surface area (Å²) in [5, 5.41) is 12.2. The Labute approximate surface area is 201 Å². The number of H-pyrrole nitrogens is 2. The Kier molecular flexibility index (Phi) is 5.38. The zero-order valence-corrected chi connectivity index (χ0v) is 19.3. The van der Waals surface area contributed by atoms with Gasteiger partial charge < -0.3 is 10.3 Å². The SMILES string of the molecule is CCCCNc1cncc(-c2ccc3[nH]nc(-c4nc5c(-c6cccnc6)cncc5[nH]4)c3c2)c1. The van der Waals surface area contributed by atoms with Crippen molar-refractivity contribution in [2.24, 2.45) is 0 Å². The first-order valence-corrected chi connectivity index (χ1v) is 11.7. The lowest BCUT2D eigenvalue weighted by atomic mass is 10.0. The molecule has 172 valence electrons. The fourth-order valence-corrected chi connectivity index (χ4v) is 4.26.